The maximum Gasteiger partial charge on any atom is 0.261 e. The number of anilines is 1. The number of hydrogen-bond donors (Lipinski definition) is 2. The molecule has 0 spiro atoms. The minimum Gasteiger partial charge on any atom is -0.280 e. The first-order valence-corrected chi connectivity index (χ1v) is 10.4. The number of rotatable bonds is 6. The highest BCUT2D eigenvalue weighted by Crippen LogP contribution is 2.23. The van der Waals surface area contributed by atoms with Crippen LogP contribution < -0.4 is 9.44 Å². The lowest BCUT2D eigenvalue weighted by molar-refractivity contribution is 0.581. The Morgan fingerprint density at radius 3 is 1.83 bits per heavy atom. The molecule has 1 saturated carbocycles. The molecule has 0 heterocycles. The molecule has 128 valence electrons. The van der Waals surface area contributed by atoms with Crippen molar-refractivity contribution in [1.29, 1.82) is 0 Å². The fourth-order valence-electron chi connectivity index (χ4n) is 2.12. The zero-order valence-electron chi connectivity index (χ0n) is 13.1. The van der Waals surface area contributed by atoms with Crippen LogP contribution >= 0.6 is 0 Å². The zero-order chi connectivity index (χ0) is 17.4. The summed E-state index contributed by atoms with van der Waals surface area (Å²) in [5.74, 6) is 0. The first-order valence-electron chi connectivity index (χ1n) is 7.48. The van der Waals surface area contributed by atoms with Crippen LogP contribution in [0.1, 0.15) is 18.4 Å². The highest BCUT2D eigenvalue weighted by molar-refractivity contribution is 7.92. The standard InChI is InChI=1S/C16H18N2O4S2/c1-12-2-8-15(9-3-12)23(19,20)18-14-6-10-16(11-7-14)24(21,22)17-13-4-5-13/h2-3,6-11,13,17-18H,4-5H2,1H3. The molecule has 2 aromatic carbocycles. The molecule has 0 unspecified atom stereocenters. The van der Waals surface area contributed by atoms with E-state index in [-0.39, 0.29) is 15.8 Å². The first-order chi connectivity index (χ1) is 11.3. The van der Waals surface area contributed by atoms with E-state index in [4.69, 9.17) is 0 Å². The van der Waals surface area contributed by atoms with E-state index >= 15 is 0 Å². The molecule has 2 aromatic rings. The molecule has 1 fully saturated rings. The van der Waals surface area contributed by atoms with Crippen LogP contribution in [0.5, 0.6) is 0 Å². The molecule has 8 heteroatoms. The van der Waals surface area contributed by atoms with E-state index in [1.54, 1.807) is 12.1 Å². The van der Waals surface area contributed by atoms with Crippen molar-refractivity contribution in [3.63, 3.8) is 0 Å². The fraction of sp³-hybridized carbons (Fsp3) is 0.250. The molecule has 2 N–H and O–H groups in total. The van der Waals surface area contributed by atoms with Crippen LogP contribution in [-0.2, 0) is 20.0 Å². The Balaban J connectivity index is 1.77. The average Bonchev–Trinajstić information content (AvgIpc) is 3.31. The van der Waals surface area contributed by atoms with E-state index in [2.05, 4.69) is 9.44 Å². The Labute approximate surface area is 142 Å². The Kier molecular flexibility index (Phi) is 4.37. The lowest BCUT2D eigenvalue weighted by Crippen LogP contribution is -2.25. The summed E-state index contributed by atoms with van der Waals surface area (Å²) in [6, 6.07) is 12.2. The van der Waals surface area contributed by atoms with E-state index in [1.165, 1.54) is 36.4 Å². The van der Waals surface area contributed by atoms with Crippen molar-refractivity contribution in [2.75, 3.05) is 4.72 Å². The van der Waals surface area contributed by atoms with Crippen molar-refractivity contribution < 1.29 is 16.8 Å². The second-order valence-electron chi connectivity index (χ2n) is 5.84. The topological polar surface area (TPSA) is 92.3 Å². The third-order valence-corrected chi connectivity index (χ3v) is 6.58. The van der Waals surface area contributed by atoms with Crippen molar-refractivity contribution in [2.24, 2.45) is 0 Å². The molecule has 24 heavy (non-hydrogen) atoms. The first kappa shape index (κ1) is 16.9. The Bertz CT molecular complexity index is 931. The summed E-state index contributed by atoms with van der Waals surface area (Å²) in [5, 5.41) is 0. The SMILES string of the molecule is Cc1ccc(S(=O)(=O)Nc2ccc(S(=O)(=O)NC3CC3)cc2)cc1. The predicted octanol–water partition coefficient (Wildman–Crippen LogP) is 2.24. The predicted molar refractivity (Wildman–Crippen MR) is 91.8 cm³/mol. The minimum absolute atomic E-state index is 0.0229. The lowest BCUT2D eigenvalue weighted by atomic mass is 10.2. The zero-order valence-corrected chi connectivity index (χ0v) is 14.7. The normalized spacial score (nSPS) is 15.2. The van der Waals surface area contributed by atoms with Crippen LogP contribution in [0.15, 0.2) is 58.3 Å². The van der Waals surface area contributed by atoms with Crippen molar-refractivity contribution in [1.82, 2.24) is 4.72 Å². The molecular formula is C16H18N2O4S2. The molecule has 0 aromatic heterocycles. The summed E-state index contributed by atoms with van der Waals surface area (Å²) in [6.45, 7) is 1.87. The lowest BCUT2D eigenvalue weighted by Gasteiger charge is -2.10. The highest BCUT2D eigenvalue weighted by atomic mass is 32.2. The van der Waals surface area contributed by atoms with Gasteiger partial charge in [0, 0.05) is 11.7 Å². The van der Waals surface area contributed by atoms with Crippen molar-refractivity contribution in [3.05, 3.63) is 54.1 Å². The van der Waals surface area contributed by atoms with Gasteiger partial charge in [0.15, 0.2) is 0 Å². The Hall–Kier alpha value is -1.90. The third kappa shape index (κ3) is 3.95. The summed E-state index contributed by atoms with van der Waals surface area (Å²) >= 11 is 0. The number of sulfonamides is 2. The number of hydrogen-bond acceptors (Lipinski definition) is 4. The average molecular weight is 366 g/mol. The van der Waals surface area contributed by atoms with Crippen LogP contribution in [-0.4, -0.2) is 22.9 Å². The quantitative estimate of drug-likeness (QED) is 0.820. The molecule has 0 radical (unpaired) electrons. The number of nitrogens with one attached hydrogen (secondary N) is 2. The minimum atomic E-state index is -3.70. The van der Waals surface area contributed by atoms with Crippen molar-refractivity contribution in [3.8, 4) is 0 Å². The molecule has 3 rings (SSSR count). The summed E-state index contributed by atoms with van der Waals surface area (Å²) in [6.07, 6.45) is 1.71. The van der Waals surface area contributed by atoms with Gasteiger partial charge in [-0.1, -0.05) is 17.7 Å². The van der Waals surface area contributed by atoms with Gasteiger partial charge in [-0.15, -0.1) is 0 Å². The highest BCUT2D eigenvalue weighted by Gasteiger charge is 2.27. The number of aryl methyl sites for hydroxylation is 1. The molecule has 6 nitrogen and oxygen atoms in total. The van der Waals surface area contributed by atoms with Crippen molar-refractivity contribution >= 4 is 25.7 Å². The van der Waals surface area contributed by atoms with Gasteiger partial charge in [-0.05, 0) is 56.2 Å². The van der Waals surface area contributed by atoms with Gasteiger partial charge in [0.1, 0.15) is 0 Å². The monoisotopic (exact) mass is 366 g/mol. The van der Waals surface area contributed by atoms with Gasteiger partial charge >= 0.3 is 0 Å². The summed E-state index contributed by atoms with van der Waals surface area (Å²) < 4.78 is 53.8. The van der Waals surface area contributed by atoms with Gasteiger partial charge in [-0.3, -0.25) is 4.72 Å². The van der Waals surface area contributed by atoms with Gasteiger partial charge in [0.2, 0.25) is 10.0 Å². The Morgan fingerprint density at radius 1 is 0.792 bits per heavy atom. The van der Waals surface area contributed by atoms with Gasteiger partial charge in [-0.25, -0.2) is 21.6 Å². The number of benzene rings is 2. The Morgan fingerprint density at radius 2 is 1.29 bits per heavy atom. The van der Waals surface area contributed by atoms with Gasteiger partial charge in [0.05, 0.1) is 9.79 Å². The van der Waals surface area contributed by atoms with Crippen LogP contribution in [0.2, 0.25) is 0 Å². The molecule has 1 aliphatic rings. The molecule has 0 amide bonds. The van der Waals surface area contributed by atoms with E-state index in [9.17, 15) is 16.8 Å². The summed E-state index contributed by atoms with van der Waals surface area (Å²) in [5.41, 5.74) is 1.27. The maximum atomic E-state index is 12.3. The second-order valence-corrected chi connectivity index (χ2v) is 9.23. The largest absolute Gasteiger partial charge is 0.280 e. The van der Waals surface area contributed by atoms with Crippen LogP contribution in [0.4, 0.5) is 5.69 Å². The molecule has 0 atom stereocenters. The summed E-state index contributed by atoms with van der Waals surface area (Å²) in [4.78, 5) is 0.271. The van der Waals surface area contributed by atoms with E-state index in [0.717, 1.165) is 18.4 Å². The molecule has 0 saturated heterocycles. The summed E-state index contributed by atoms with van der Waals surface area (Å²) in [7, 11) is -7.24. The van der Waals surface area contributed by atoms with Crippen LogP contribution in [0, 0.1) is 6.92 Å². The van der Waals surface area contributed by atoms with E-state index < -0.39 is 20.0 Å². The van der Waals surface area contributed by atoms with Gasteiger partial charge in [0.25, 0.3) is 10.0 Å². The molecular weight excluding hydrogens is 348 g/mol. The fourth-order valence-corrected chi connectivity index (χ4v) is 4.49. The molecule has 0 bridgehead atoms. The van der Waals surface area contributed by atoms with E-state index in [1.807, 2.05) is 6.92 Å². The van der Waals surface area contributed by atoms with Gasteiger partial charge in [-0.2, -0.15) is 0 Å². The van der Waals surface area contributed by atoms with E-state index in [0.29, 0.717) is 5.69 Å². The van der Waals surface area contributed by atoms with Crippen molar-refractivity contribution in [2.45, 2.75) is 35.6 Å². The molecule has 1 aliphatic carbocycles. The smallest absolute Gasteiger partial charge is 0.261 e. The van der Waals surface area contributed by atoms with Crippen LogP contribution in [0.3, 0.4) is 0 Å². The van der Waals surface area contributed by atoms with Gasteiger partial charge < -0.3 is 0 Å². The second kappa shape index (κ2) is 6.19. The third-order valence-electron chi connectivity index (χ3n) is 3.65. The molecule has 0 aliphatic heterocycles. The van der Waals surface area contributed by atoms with Crippen LogP contribution in [0.25, 0.3) is 0 Å². The maximum absolute atomic E-state index is 12.3.